The maximum absolute atomic E-state index is 11.7. The van der Waals surface area contributed by atoms with Gasteiger partial charge in [-0.3, -0.25) is 0 Å². The number of aliphatic hydroxyl groups excluding tert-OH is 2. The lowest BCUT2D eigenvalue weighted by molar-refractivity contribution is 0.00920. The normalized spacial score (nSPS) is 11.9. The van der Waals surface area contributed by atoms with Crippen LogP contribution in [-0.4, -0.2) is 42.6 Å². The average molecular weight is 241 g/mol. The number of nitrogen functional groups attached to an aromatic ring is 1. The number of hydrogen-bond acceptors (Lipinski definition) is 6. The summed E-state index contributed by atoms with van der Waals surface area (Å²) in [4.78, 5) is 11.7. The van der Waals surface area contributed by atoms with Crippen LogP contribution in [-0.2, 0) is 4.74 Å². The second-order valence-electron chi connectivity index (χ2n) is 3.36. The molecule has 1 aromatic rings. The van der Waals surface area contributed by atoms with Gasteiger partial charge in [0.15, 0.2) is 0 Å². The molecular formula is C11H15NO5. The van der Waals surface area contributed by atoms with E-state index in [1.807, 2.05) is 0 Å². The molecule has 0 bridgehead atoms. The average Bonchev–Trinajstić information content (AvgIpc) is 2.34. The van der Waals surface area contributed by atoms with Gasteiger partial charge in [0.05, 0.1) is 13.7 Å². The van der Waals surface area contributed by atoms with Crippen LogP contribution in [0.25, 0.3) is 0 Å². The standard InChI is InChI=1S/C11H15NO5/c1-16-9-4-2-3-8(12)10(9)11(15)17-6-7(14)5-13/h2-4,7,13-14H,5-6,12H2,1H3. The molecule has 0 aliphatic heterocycles. The maximum Gasteiger partial charge on any atom is 0.344 e. The zero-order valence-corrected chi connectivity index (χ0v) is 9.42. The molecule has 0 fully saturated rings. The van der Waals surface area contributed by atoms with Crippen LogP contribution in [0.4, 0.5) is 5.69 Å². The third kappa shape index (κ3) is 3.33. The summed E-state index contributed by atoms with van der Waals surface area (Å²) < 4.78 is 9.78. The molecule has 1 rings (SSSR count). The van der Waals surface area contributed by atoms with Crippen molar-refractivity contribution in [2.75, 3.05) is 26.1 Å². The molecule has 0 aromatic heterocycles. The fraction of sp³-hybridized carbons (Fsp3) is 0.364. The topological polar surface area (TPSA) is 102 Å². The van der Waals surface area contributed by atoms with Gasteiger partial charge in [0, 0.05) is 5.69 Å². The molecule has 0 spiro atoms. The van der Waals surface area contributed by atoms with Crippen molar-refractivity contribution in [2.24, 2.45) is 0 Å². The second kappa shape index (κ2) is 6.07. The van der Waals surface area contributed by atoms with Crippen LogP contribution in [0.3, 0.4) is 0 Å². The SMILES string of the molecule is COc1cccc(N)c1C(=O)OCC(O)CO. The fourth-order valence-electron chi connectivity index (χ4n) is 1.23. The highest BCUT2D eigenvalue weighted by Crippen LogP contribution is 2.24. The van der Waals surface area contributed by atoms with E-state index in [0.717, 1.165) is 0 Å². The molecule has 1 unspecified atom stereocenters. The number of benzene rings is 1. The first-order chi connectivity index (χ1) is 8.10. The van der Waals surface area contributed by atoms with Crippen molar-refractivity contribution in [2.45, 2.75) is 6.10 Å². The van der Waals surface area contributed by atoms with Crippen LogP contribution in [0.15, 0.2) is 18.2 Å². The van der Waals surface area contributed by atoms with Crippen molar-refractivity contribution >= 4 is 11.7 Å². The van der Waals surface area contributed by atoms with Crippen LogP contribution in [0.5, 0.6) is 5.75 Å². The Bertz CT molecular complexity index is 393. The molecule has 1 aromatic carbocycles. The largest absolute Gasteiger partial charge is 0.496 e. The highest BCUT2D eigenvalue weighted by molar-refractivity contribution is 5.98. The molecule has 4 N–H and O–H groups in total. The number of esters is 1. The lowest BCUT2D eigenvalue weighted by Crippen LogP contribution is -2.22. The van der Waals surface area contributed by atoms with Gasteiger partial charge < -0.3 is 25.4 Å². The van der Waals surface area contributed by atoms with Gasteiger partial charge in [-0.2, -0.15) is 0 Å². The first-order valence-electron chi connectivity index (χ1n) is 4.98. The Hall–Kier alpha value is -1.79. The Morgan fingerprint density at radius 3 is 2.82 bits per heavy atom. The number of nitrogens with two attached hydrogens (primary N) is 1. The van der Waals surface area contributed by atoms with Gasteiger partial charge in [-0.15, -0.1) is 0 Å². The molecule has 94 valence electrons. The van der Waals surface area contributed by atoms with E-state index in [0.29, 0.717) is 5.75 Å². The van der Waals surface area contributed by atoms with Crippen molar-refractivity contribution in [3.8, 4) is 5.75 Å². The van der Waals surface area contributed by atoms with Crippen molar-refractivity contribution < 1.29 is 24.5 Å². The van der Waals surface area contributed by atoms with E-state index in [2.05, 4.69) is 0 Å². The molecule has 0 radical (unpaired) electrons. The zero-order valence-electron chi connectivity index (χ0n) is 9.42. The van der Waals surface area contributed by atoms with E-state index in [9.17, 15) is 4.79 Å². The summed E-state index contributed by atoms with van der Waals surface area (Å²) >= 11 is 0. The van der Waals surface area contributed by atoms with E-state index in [-0.39, 0.29) is 17.9 Å². The number of carbonyl (C=O) groups is 1. The van der Waals surface area contributed by atoms with Gasteiger partial charge in [0.25, 0.3) is 0 Å². The predicted molar refractivity (Wildman–Crippen MR) is 60.8 cm³/mol. The van der Waals surface area contributed by atoms with E-state index < -0.39 is 18.7 Å². The molecule has 17 heavy (non-hydrogen) atoms. The van der Waals surface area contributed by atoms with Gasteiger partial charge in [-0.05, 0) is 12.1 Å². The summed E-state index contributed by atoms with van der Waals surface area (Å²) in [5.41, 5.74) is 5.98. The molecule has 1 atom stereocenters. The van der Waals surface area contributed by atoms with Crippen LogP contribution in [0.1, 0.15) is 10.4 Å². The number of hydrogen-bond donors (Lipinski definition) is 3. The van der Waals surface area contributed by atoms with Gasteiger partial charge in [-0.25, -0.2) is 4.79 Å². The predicted octanol–water partition coefficient (Wildman–Crippen LogP) is -0.213. The van der Waals surface area contributed by atoms with Crippen molar-refractivity contribution in [3.05, 3.63) is 23.8 Å². The number of rotatable bonds is 5. The summed E-state index contributed by atoms with van der Waals surface area (Å²) in [6.07, 6.45) is -1.10. The van der Waals surface area contributed by atoms with E-state index in [4.69, 9.17) is 25.4 Å². The van der Waals surface area contributed by atoms with Crippen molar-refractivity contribution in [1.82, 2.24) is 0 Å². The minimum atomic E-state index is -1.10. The van der Waals surface area contributed by atoms with Gasteiger partial charge in [0.1, 0.15) is 24.0 Å². The minimum Gasteiger partial charge on any atom is -0.496 e. The number of aliphatic hydroxyl groups is 2. The molecule has 0 saturated heterocycles. The Kier molecular flexibility index (Phi) is 4.74. The van der Waals surface area contributed by atoms with Crippen LogP contribution >= 0.6 is 0 Å². The Balaban J connectivity index is 2.81. The molecule has 0 saturated carbocycles. The lowest BCUT2D eigenvalue weighted by Gasteiger charge is -2.12. The molecule has 6 heteroatoms. The van der Waals surface area contributed by atoms with Crippen molar-refractivity contribution in [1.29, 1.82) is 0 Å². The minimum absolute atomic E-state index is 0.111. The lowest BCUT2D eigenvalue weighted by atomic mass is 10.1. The fourth-order valence-corrected chi connectivity index (χ4v) is 1.23. The van der Waals surface area contributed by atoms with Gasteiger partial charge in [0.2, 0.25) is 0 Å². The smallest absolute Gasteiger partial charge is 0.344 e. The van der Waals surface area contributed by atoms with Gasteiger partial charge in [-0.1, -0.05) is 6.07 Å². The Morgan fingerprint density at radius 2 is 2.24 bits per heavy atom. The number of carbonyl (C=O) groups excluding carboxylic acids is 1. The summed E-state index contributed by atoms with van der Waals surface area (Å²) in [7, 11) is 1.41. The van der Waals surface area contributed by atoms with Crippen LogP contribution in [0, 0.1) is 0 Å². The third-order valence-electron chi connectivity index (χ3n) is 2.10. The van der Waals surface area contributed by atoms with Gasteiger partial charge >= 0.3 is 5.97 Å². The van der Waals surface area contributed by atoms with Crippen molar-refractivity contribution in [3.63, 3.8) is 0 Å². The second-order valence-corrected chi connectivity index (χ2v) is 3.36. The highest BCUT2D eigenvalue weighted by atomic mass is 16.5. The third-order valence-corrected chi connectivity index (χ3v) is 2.10. The Morgan fingerprint density at radius 1 is 1.53 bits per heavy atom. The monoisotopic (exact) mass is 241 g/mol. The number of ether oxygens (including phenoxy) is 2. The highest BCUT2D eigenvalue weighted by Gasteiger charge is 2.18. The zero-order chi connectivity index (χ0) is 12.8. The quantitative estimate of drug-likeness (QED) is 0.487. The van der Waals surface area contributed by atoms with E-state index in [1.165, 1.54) is 7.11 Å². The molecule has 0 aliphatic carbocycles. The van der Waals surface area contributed by atoms with Crippen LogP contribution in [0.2, 0.25) is 0 Å². The molecule has 0 amide bonds. The van der Waals surface area contributed by atoms with Crippen LogP contribution < -0.4 is 10.5 Å². The molecule has 0 aliphatic rings. The summed E-state index contributed by atoms with van der Waals surface area (Å²) in [5, 5.41) is 17.6. The summed E-state index contributed by atoms with van der Waals surface area (Å²) in [6.45, 7) is -0.776. The Labute approximate surface area is 98.6 Å². The van der Waals surface area contributed by atoms with E-state index in [1.54, 1.807) is 18.2 Å². The summed E-state index contributed by atoms with van der Waals surface area (Å²) in [6, 6.07) is 4.77. The molecular weight excluding hydrogens is 226 g/mol. The van der Waals surface area contributed by atoms with E-state index >= 15 is 0 Å². The molecule has 0 heterocycles. The molecule has 6 nitrogen and oxygen atoms in total. The first kappa shape index (κ1) is 13.3. The summed E-state index contributed by atoms with van der Waals surface area (Å²) in [5.74, 6) is -0.402. The number of anilines is 1. The first-order valence-corrected chi connectivity index (χ1v) is 4.98. The maximum atomic E-state index is 11.7. The number of methoxy groups -OCH3 is 1.